The van der Waals surface area contributed by atoms with Crippen molar-refractivity contribution in [1.82, 2.24) is 4.31 Å². The first-order valence-electron chi connectivity index (χ1n) is 10.4. The van der Waals surface area contributed by atoms with Crippen LogP contribution in [0.25, 0.3) is 0 Å². The molecule has 2 N–H and O–H groups in total. The molecule has 1 amide bonds. The van der Waals surface area contributed by atoms with Crippen molar-refractivity contribution in [3.05, 3.63) is 48.0 Å². The number of amides is 1. The van der Waals surface area contributed by atoms with Crippen molar-refractivity contribution in [2.24, 2.45) is 0 Å². The molecule has 0 aliphatic carbocycles. The SMILES string of the molecule is O=C(Nc1cc(N2CCCS2(=O)=O)ccc1O)c1cccc(S(=O)(=O)N2CCCCC2)c1. The van der Waals surface area contributed by atoms with E-state index in [0.29, 0.717) is 31.7 Å². The van der Waals surface area contributed by atoms with Gasteiger partial charge in [0.05, 0.1) is 22.0 Å². The van der Waals surface area contributed by atoms with Crippen LogP contribution in [0.1, 0.15) is 36.0 Å². The van der Waals surface area contributed by atoms with Crippen LogP contribution in [0.15, 0.2) is 47.4 Å². The Kier molecular flexibility index (Phi) is 6.15. The molecule has 0 aromatic heterocycles. The fourth-order valence-corrected chi connectivity index (χ4v) is 7.08. The minimum absolute atomic E-state index is 0.0354. The zero-order valence-corrected chi connectivity index (χ0v) is 19.0. The highest BCUT2D eigenvalue weighted by atomic mass is 32.2. The van der Waals surface area contributed by atoms with E-state index in [1.165, 1.54) is 51.1 Å². The van der Waals surface area contributed by atoms with Crippen molar-refractivity contribution in [2.45, 2.75) is 30.6 Å². The minimum atomic E-state index is -3.70. The van der Waals surface area contributed by atoms with Gasteiger partial charge in [0, 0.05) is 25.2 Å². The number of sulfonamides is 2. The van der Waals surface area contributed by atoms with E-state index in [1.807, 2.05) is 0 Å². The van der Waals surface area contributed by atoms with Crippen LogP contribution in [0.2, 0.25) is 0 Å². The molecule has 32 heavy (non-hydrogen) atoms. The van der Waals surface area contributed by atoms with Crippen molar-refractivity contribution in [1.29, 1.82) is 0 Å². The fraction of sp³-hybridized carbons (Fsp3) is 0.381. The summed E-state index contributed by atoms with van der Waals surface area (Å²) in [5.74, 6) is -0.790. The Balaban J connectivity index is 1.57. The third-order valence-electron chi connectivity index (χ3n) is 5.66. The van der Waals surface area contributed by atoms with Crippen LogP contribution in [0.4, 0.5) is 11.4 Å². The number of benzene rings is 2. The largest absolute Gasteiger partial charge is 0.506 e. The number of hydrogen-bond acceptors (Lipinski definition) is 6. The van der Waals surface area contributed by atoms with Gasteiger partial charge in [0.25, 0.3) is 5.91 Å². The van der Waals surface area contributed by atoms with Crippen LogP contribution in [0.3, 0.4) is 0 Å². The smallest absolute Gasteiger partial charge is 0.255 e. The second-order valence-electron chi connectivity index (χ2n) is 7.89. The number of hydrogen-bond donors (Lipinski definition) is 2. The van der Waals surface area contributed by atoms with E-state index in [4.69, 9.17) is 0 Å². The van der Waals surface area contributed by atoms with E-state index >= 15 is 0 Å². The molecule has 2 fully saturated rings. The molecule has 0 spiro atoms. The van der Waals surface area contributed by atoms with Gasteiger partial charge in [0.2, 0.25) is 20.0 Å². The highest BCUT2D eigenvalue weighted by Crippen LogP contribution is 2.32. The zero-order chi connectivity index (χ0) is 22.9. The maximum Gasteiger partial charge on any atom is 0.255 e. The molecule has 0 atom stereocenters. The van der Waals surface area contributed by atoms with Crippen LogP contribution in [-0.4, -0.2) is 57.5 Å². The fourth-order valence-electron chi connectivity index (χ4n) is 3.96. The van der Waals surface area contributed by atoms with Crippen LogP contribution in [-0.2, 0) is 20.0 Å². The van der Waals surface area contributed by atoms with Gasteiger partial charge in [0.1, 0.15) is 5.75 Å². The number of rotatable bonds is 5. The van der Waals surface area contributed by atoms with E-state index in [-0.39, 0.29) is 27.6 Å². The van der Waals surface area contributed by atoms with E-state index in [9.17, 15) is 26.7 Å². The topological polar surface area (TPSA) is 124 Å². The summed E-state index contributed by atoms with van der Waals surface area (Å²) in [5, 5.41) is 12.7. The molecule has 11 heteroatoms. The van der Waals surface area contributed by atoms with Crippen molar-refractivity contribution in [3.8, 4) is 5.75 Å². The van der Waals surface area contributed by atoms with Gasteiger partial charge in [-0.3, -0.25) is 9.10 Å². The van der Waals surface area contributed by atoms with E-state index in [2.05, 4.69) is 5.32 Å². The Hall–Kier alpha value is -2.63. The molecule has 2 heterocycles. The van der Waals surface area contributed by atoms with Crippen molar-refractivity contribution in [3.63, 3.8) is 0 Å². The van der Waals surface area contributed by atoms with Crippen LogP contribution in [0.5, 0.6) is 5.75 Å². The molecule has 0 radical (unpaired) electrons. The number of nitrogens with one attached hydrogen (secondary N) is 1. The summed E-state index contributed by atoms with van der Waals surface area (Å²) in [5.41, 5.74) is 0.498. The third kappa shape index (κ3) is 4.45. The first-order valence-corrected chi connectivity index (χ1v) is 13.5. The highest BCUT2D eigenvalue weighted by molar-refractivity contribution is 7.93. The first-order chi connectivity index (χ1) is 15.2. The second-order valence-corrected chi connectivity index (χ2v) is 11.8. The Labute approximate surface area is 187 Å². The predicted molar refractivity (Wildman–Crippen MR) is 121 cm³/mol. The molecule has 172 valence electrons. The molecular formula is C21H25N3O6S2. The number of carbonyl (C=O) groups is 1. The van der Waals surface area contributed by atoms with Gasteiger partial charge < -0.3 is 10.4 Å². The zero-order valence-electron chi connectivity index (χ0n) is 17.4. The Morgan fingerprint density at radius 1 is 0.969 bits per heavy atom. The van der Waals surface area contributed by atoms with Crippen molar-refractivity contribution in [2.75, 3.05) is 35.0 Å². The normalized spacial score (nSPS) is 19.1. The minimum Gasteiger partial charge on any atom is -0.506 e. The average Bonchev–Trinajstić information content (AvgIpc) is 3.15. The first kappa shape index (κ1) is 22.6. The molecule has 0 saturated carbocycles. The number of phenols is 1. The van der Waals surface area contributed by atoms with Gasteiger partial charge in [-0.2, -0.15) is 4.31 Å². The number of carbonyl (C=O) groups excluding carboxylic acids is 1. The number of nitrogens with zero attached hydrogens (tertiary/aromatic N) is 2. The summed E-state index contributed by atoms with van der Waals surface area (Å²) in [6, 6.07) is 9.93. The quantitative estimate of drug-likeness (QED) is 0.635. The number of anilines is 2. The summed E-state index contributed by atoms with van der Waals surface area (Å²) in [6.45, 7) is 1.24. The lowest BCUT2D eigenvalue weighted by Gasteiger charge is -2.26. The summed E-state index contributed by atoms with van der Waals surface area (Å²) in [4.78, 5) is 12.9. The van der Waals surface area contributed by atoms with Gasteiger partial charge in [-0.15, -0.1) is 0 Å². The molecular weight excluding hydrogens is 454 g/mol. The van der Waals surface area contributed by atoms with Gasteiger partial charge >= 0.3 is 0 Å². The molecule has 9 nitrogen and oxygen atoms in total. The standard InChI is InChI=1S/C21H25N3O6S2/c25-20-9-8-17(24-12-5-13-31(24,27)28)15-19(20)22-21(26)16-6-4-7-18(14-16)32(29,30)23-10-2-1-3-11-23/h4,6-9,14-15,25H,1-3,5,10-13H2,(H,22,26). The van der Waals surface area contributed by atoms with Gasteiger partial charge in [-0.1, -0.05) is 12.5 Å². The highest BCUT2D eigenvalue weighted by Gasteiger charge is 2.29. The molecule has 2 aliphatic heterocycles. The molecule has 2 aromatic rings. The predicted octanol–water partition coefficient (Wildman–Crippen LogP) is 2.36. The molecule has 2 aromatic carbocycles. The summed E-state index contributed by atoms with van der Waals surface area (Å²) >= 11 is 0. The lowest BCUT2D eigenvalue weighted by molar-refractivity contribution is 0.102. The van der Waals surface area contributed by atoms with E-state index in [0.717, 1.165) is 19.3 Å². The van der Waals surface area contributed by atoms with Crippen LogP contribution in [0, 0.1) is 0 Å². The Morgan fingerprint density at radius 2 is 1.72 bits per heavy atom. The molecule has 0 unspecified atom stereocenters. The lowest BCUT2D eigenvalue weighted by atomic mass is 10.2. The third-order valence-corrected chi connectivity index (χ3v) is 9.43. The Morgan fingerprint density at radius 3 is 2.41 bits per heavy atom. The summed E-state index contributed by atoms with van der Waals surface area (Å²) in [6.07, 6.45) is 3.11. The van der Waals surface area contributed by atoms with Gasteiger partial charge in [-0.25, -0.2) is 16.8 Å². The molecule has 2 aliphatic rings. The molecule has 4 rings (SSSR count). The number of phenolic OH excluding ortho intramolecular Hbond substituents is 1. The van der Waals surface area contributed by atoms with Gasteiger partial charge in [-0.05, 0) is 55.7 Å². The molecule has 0 bridgehead atoms. The van der Waals surface area contributed by atoms with Crippen LogP contribution >= 0.6 is 0 Å². The molecule has 2 saturated heterocycles. The van der Waals surface area contributed by atoms with Crippen LogP contribution < -0.4 is 9.62 Å². The lowest BCUT2D eigenvalue weighted by Crippen LogP contribution is -2.35. The Bertz CT molecular complexity index is 1240. The number of piperidine rings is 1. The van der Waals surface area contributed by atoms with E-state index < -0.39 is 26.0 Å². The summed E-state index contributed by atoms with van der Waals surface area (Å²) < 4.78 is 52.9. The maximum atomic E-state index is 12.9. The summed E-state index contributed by atoms with van der Waals surface area (Å²) in [7, 11) is -7.11. The van der Waals surface area contributed by atoms with E-state index in [1.54, 1.807) is 0 Å². The van der Waals surface area contributed by atoms with Crippen molar-refractivity contribution < 1.29 is 26.7 Å². The van der Waals surface area contributed by atoms with Gasteiger partial charge in [0.15, 0.2) is 0 Å². The number of aromatic hydroxyl groups is 1. The van der Waals surface area contributed by atoms with Crippen molar-refractivity contribution >= 4 is 37.3 Å². The monoisotopic (exact) mass is 479 g/mol. The second kappa shape index (κ2) is 8.72. The average molecular weight is 480 g/mol. The maximum absolute atomic E-state index is 12.9.